The Labute approximate surface area is 167 Å². The first-order valence-corrected chi connectivity index (χ1v) is 10.2. The van der Waals surface area contributed by atoms with Crippen LogP contribution in [0.5, 0.6) is 0 Å². The van der Waals surface area contributed by atoms with Crippen LogP contribution < -0.4 is 5.32 Å². The molecule has 3 aromatic rings. The number of para-hydroxylation sites is 1. The third kappa shape index (κ3) is 4.59. The summed E-state index contributed by atoms with van der Waals surface area (Å²) >= 11 is 1.25. The van der Waals surface area contributed by atoms with E-state index in [9.17, 15) is 9.59 Å². The van der Waals surface area contributed by atoms with Gasteiger partial charge in [-0.15, -0.1) is 10.2 Å². The molecule has 0 unspecified atom stereocenters. The van der Waals surface area contributed by atoms with E-state index in [0.717, 1.165) is 35.0 Å². The van der Waals surface area contributed by atoms with Crippen molar-refractivity contribution in [3.8, 4) is 0 Å². The van der Waals surface area contributed by atoms with E-state index in [0.29, 0.717) is 18.1 Å². The fourth-order valence-electron chi connectivity index (χ4n) is 2.94. The van der Waals surface area contributed by atoms with Crippen LogP contribution in [0.1, 0.15) is 26.2 Å². The molecule has 0 aliphatic rings. The first-order valence-electron chi connectivity index (χ1n) is 9.22. The van der Waals surface area contributed by atoms with Crippen LogP contribution in [-0.2, 0) is 20.9 Å². The number of fused-ring (bicyclic) bond motifs is 3. The molecule has 0 aliphatic carbocycles. The molecule has 1 aromatic carbocycles. The van der Waals surface area contributed by atoms with Gasteiger partial charge >= 0.3 is 5.97 Å². The lowest BCUT2D eigenvalue weighted by Crippen LogP contribution is -2.26. The van der Waals surface area contributed by atoms with E-state index in [4.69, 9.17) is 0 Å². The number of rotatable bonds is 9. The Balaban J connectivity index is 1.66. The number of nitrogens with zero attached hydrogens (tertiary/aromatic N) is 4. The number of nitrogens with one attached hydrogen (secondary N) is 1. The molecule has 0 saturated heterocycles. The second-order valence-corrected chi connectivity index (χ2v) is 7.20. The number of aromatic nitrogens is 4. The molecule has 2 heterocycles. The Hall–Kier alpha value is -2.68. The molecule has 0 aliphatic heterocycles. The van der Waals surface area contributed by atoms with Crippen molar-refractivity contribution < 1.29 is 14.3 Å². The van der Waals surface area contributed by atoms with E-state index >= 15 is 0 Å². The molecule has 1 N–H and O–H groups in total. The molecule has 8 nitrogen and oxygen atoms in total. The van der Waals surface area contributed by atoms with Gasteiger partial charge in [0.1, 0.15) is 5.52 Å². The number of carbonyl (C=O) groups is 2. The third-order valence-corrected chi connectivity index (χ3v) is 5.08. The van der Waals surface area contributed by atoms with Crippen LogP contribution in [0.15, 0.2) is 29.4 Å². The number of esters is 1. The lowest BCUT2D eigenvalue weighted by molar-refractivity contribution is -0.140. The Morgan fingerprint density at radius 2 is 2.07 bits per heavy atom. The van der Waals surface area contributed by atoms with E-state index in [1.165, 1.54) is 18.9 Å². The molecule has 0 radical (unpaired) electrons. The number of carbonyl (C=O) groups excluding carboxylic acids is 2. The SMILES string of the molecule is CCCn1c2ccccc2c2nnc(SCC(=O)NCCCC(=O)OC)nc21. The van der Waals surface area contributed by atoms with Crippen LogP contribution in [0.25, 0.3) is 22.1 Å². The Morgan fingerprint density at radius 1 is 1.25 bits per heavy atom. The van der Waals surface area contributed by atoms with Crippen LogP contribution >= 0.6 is 11.8 Å². The minimum atomic E-state index is -0.279. The molecule has 3 rings (SSSR count). The van der Waals surface area contributed by atoms with Crippen molar-refractivity contribution >= 4 is 45.7 Å². The average Bonchev–Trinajstić information content (AvgIpc) is 3.03. The van der Waals surface area contributed by atoms with Crippen molar-refractivity contribution in [3.63, 3.8) is 0 Å². The zero-order valence-corrected chi connectivity index (χ0v) is 16.8. The van der Waals surface area contributed by atoms with E-state index in [1.807, 2.05) is 18.2 Å². The topological polar surface area (TPSA) is 99.0 Å². The lowest BCUT2D eigenvalue weighted by Gasteiger charge is -2.05. The van der Waals surface area contributed by atoms with Gasteiger partial charge in [0.2, 0.25) is 11.1 Å². The quantitative estimate of drug-likeness (QED) is 0.334. The molecule has 148 valence electrons. The number of thioether (sulfide) groups is 1. The molecule has 2 aromatic heterocycles. The maximum absolute atomic E-state index is 12.0. The van der Waals surface area contributed by atoms with Gasteiger partial charge in [0.25, 0.3) is 0 Å². The Morgan fingerprint density at radius 3 is 2.86 bits per heavy atom. The highest BCUT2D eigenvalue weighted by Crippen LogP contribution is 2.27. The van der Waals surface area contributed by atoms with Crippen molar-refractivity contribution in [3.05, 3.63) is 24.3 Å². The van der Waals surface area contributed by atoms with E-state index < -0.39 is 0 Å². The lowest BCUT2D eigenvalue weighted by atomic mass is 10.2. The Kier molecular flexibility index (Phi) is 6.80. The summed E-state index contributed by atoms with van der Waals surface area (Å²) in [5.41, 5.74) is 2.66. The summed E-state index contributed by atoms with van der Waals surface area (Å²) in [5.74, 6) is -0.217. The standard InChI is InChI=1S/C19H23N5O3S/c1-3-11-24-14-8-5-4-7-13(14)17-18(24)21-19(23-22-17)28-12-15(25)20-10-6-9-16(26)27-2/h4-5,7-8H,3,6,9-12H2,1-2H3,(H,20,25). The van der Waals surface area contributed by atoms with Crippen LogP contribution in [-0.4, -0.2) is 51.0 Å². The van der Waals surface area contributed by atoms with Crippen LogP contribution in [0.4, 0.5) is 0 Å². The van der Waals surface area contributed by atoms with E-state index in [1.54, 1.807) is 0 Å². The van der Waals surface area contributed by atoms with Gasteiger partial charge < -0.3 is 14.6 Å². The summed E-state index contributed by atoms with van der Waals surface area (Å²) in [6.45, 7) is 3.39. The van der Waals surface area contributed by atoms with Crippen LogP contribution in [0.3, 0.4) is 0 Å². The number of hydrogen-bond acceptors (Lipinski definition) is 7. The number of benzene rings is 1. The summed E-state index contributed by atoms with van der Waals surface area (Å²) in [6, 6.07) is 8.06. The maximum Gasteiger partial charge on any atom is 0.305 e. The van der Waals surface area contributed by atoms with E-state index in [2.05, 4.69) is 42.8 Å². The smallest absolute Gasteiger partial charge is 0.305 e. The first kappa shape index (κ1) is 20.1. The number of ether oxygens (including phenoxy) is 1. The van der Waals surface area contributed by atoms with Gasteiger partial charge in [0.15, 0.2) is 5.65 Å². The number of methoxy groups -OCH3 is 1. The monoisotopic (exact) mass is 401 g/mol. The second kappa shape index (κ2) is 9.50. The molecule has 0 fully saturated rings. The highest BCUT2D eigenvalue weighted by molar-refractivity contribution is 7.99. The van der Waals surface area contributed by atoms with Gasteiger partial charge in [-0.1, -0.05) is 36.9 Å². The molecule has 9 heteroatoms. The minimum absolute atomic E-state index is 0.132. The second-order valence-electron chi connectivity index (χ2n) is 6.25. The van der Waals surface area contributed by atoms with Gasteiger partial charge in [0, 0.05) is 24.9 Å². The zero-order chi connectivity index (χ0) is 19.9. The molecule has 0 spiro atoms. The van der Waals surface area contributed by atoms with E-state index in [-0.39, 0.29) is 24.1 Å². The van der Waals surface area contributed by atoms with Gasteiger partial charge in [-0.05, 0) is 18.9 Å². The molecule has 0 atom stereocenters. The largest absolute Gasteiger partial charge is 0.469 e. The van der Waals surface area contributed by atoms with Crippen molar-refractivity contribution in [2.24, 2.45) is 0 Å². The maximum atomic E-state index is 12.0. The minimum Gasteiger partial charge on any atom is -0.469 e. The predicted molar refractivity (Wildman–Crippen MR) is 108 cm³/mol. The highest BCUT2D eigenvalue weighted by atomic mass is 32.2. The third-order valence-electron chi connectivity index (χ3n) is 4.24. The summed E-state index contributed by atoms with van der Waals surface area (Å²) in [6.07, 6.45) is 1.81. The van der Waals surface area contributed by atoms with Crippen molar-refractivity contribution in [2.75, 3.05) is 19.4 Å². The molecule has 28 heavy (non-hydrogen) atoms. The van der Waals surface area contributed by atoms with Crippen LogP contribution in [0.2, 0.25) is 0 Å². The van der Waals surface area contributed by atoms with Gasteiger partial charge in [-0.25, -0.2) is 4.98 Å². The summed E-state index contributed by atoms with van der Waals surface area (Å²) in [4.78, 5) is 27.7. The highest BCUT2D eigenvalue weighted by Gasteiger charge is 2.15. The summed E-state index contributed by atoms with van der Waals surface area (Å²) in [5, 5.41) is 12.8. The number of hydrogen-bond donors (Lipinski definition) is 1. The molecule has 0 saturated carbocycles. The van der Waals surface area contributed by atoms with Crippen LogP contribution in [0, 0.1) is 0 Å². The van der Waals surface area contributed by atoms with Crippen molar-refractivity contribution in [1.29, 1.82) is 0 Å². The fraction of sp³-hybridized carbons (Fsp3) is 0.421. The summed E-state index contributed by atoms with van der Waals surface area (Å²) < 4.78 is 6.71. The Bertz CT molecular complexity index is 988. The first-order chi connectivity index (χ1) is 13.6. The summed E-state index contributed by atoms with van der Waals surface area (Å²) in [7, 11) is 1.35. The molecule has 1 amide bonds. The van der Waals surface area contributed by atoms with Crippen molar-refractivity contribution in [1.82, 2.24) is 25.1 Å². The number of aryl methyl sites for hydroxylation is 1. The molecular weight excluding hydrogens is 378 g/mol. The fourth-order valence-corrected chi connectivity index (χ4v) is 3.56. The predicted octanol–water partition coefficient (Wildman–Crippen LogP) is 2.55. The van der Waals surface area contributed by atoms with Gasteiger partial charge in [-0.2, -0.15) is 0 Å². The average molecular weight is 401 g/mol. The zero-order valence-electron chi connectivity index (χ0n) is 16.0. The van der Waals surface area contributed by atoms with Crippen molar-refractivity contribution in [2.45, 2.75) is 37.9 Å². The molecular formula is C19H23N5O3S. The molecule has 0 bridgehead atoms. The van der Waals surface area contributed by atoms with Gasteiger partial charge in [-0.3, -0.25) is 9.59 Å². The van der Waals surface area contributed by atoms with Gasteiger partial charge in [0.05, 0.1) is 18.4 Å². The number of amides is 1. The normalized spacial score (nSPS) is 11.1.